The van der Waals surface area contributed by atoms with Gasteiger partial charge in [-0.25, -0.2) is 0 Å². The number of rotatable bonds is 5. The second-order valence-corrected chi connectivity index (χ2v) is 3.31. The van der Waals surface area contributed by atoms with Crippen LogP contribution in [0.2, 0.25) is 0 Å². The lowest BCUT2D eigenvalue weighted by Crippen LogP contribution is -2.24. The molecule has 0 fully saturated rings. The van der Waals surface area contributed by atoms with Gasteiger partial charge in [0.25, 0.3) is 0 Å². The molecule has 2 N–H and O–H groups in total. The third-order valence-electron chi connectivity index (χ3n) is 1.72. The standard InChI is InChI=1S/C10H18O2/c1-4-5-6-7-9(8-11)10(2,3)12/h4,7,11-12H,1,5-6,8H2,2-3H3/b9-7+. The lowest BCUT2D eigenvalue weighted by Gasteiger charge is -2.19. The maximum absolute atomic E-state index is 9.52. The minimum atomic E-state index is -0.907. The molecule has 0 aromatic carbocycles. The Morgan fingerprint density at radius 1 is 1.42 bits per heavy atom. The van der Waals surface area contributed by atoms with Crippen LogP contribution in [0.15, 0.2) is 24.3 Å². The third-order valence-corrected chi connectivity index (χ3v) is 1.72. The molecule has 0 spiro atoms. The molecular formula is C10H18O2. The van der Waals surface area contributed by atoms with Crippen LogP contribution in [0.4, 0.5) is 0 Å². The van der Waals surface area contributed by atoms with Crippen molar-refractivity contribution in [1.82, 2.24) is 0 Å². The third kappa shape index (κ3) is 4.31. The second-order valence-electron chi connectivity index (χ2n) is 3.31. The molecule has 0 aliphatic heterocycles. The first-order valence-electron chi connectivity index (χ1n) is 4.16. The summed E-state index contributed by atoms with van der Waals surface area (Å²) >= 11 is 0. The molecule has 0 rings (SSSR count). The van der Waals surface area contributed by atoms with Crippen molar-refractivity contribution in [3.05, 3.63) is 24.3 Å². The predicted molar refractivity (Wildman–Crippen MR) is 50.9 cm³/mol. The minimum absolute atomic E-state index is 0.0827. The molecule has 12 heavy (non-hydrogen) atoms. The summed E-state index contributed by atoms with van der Waals surface area (Å²) in [5.74, 6) is 0. The molecule has 0 saturated heterocycles. The van der Waals surface area contributed by atoms with Gasteiger partial charge >= 0.3 is 0 Å². The van der Waals surface area contributed by atoms with E-state index in [0.717, 1.165) is 12.8 Å². The molecule has 0 bridgehead atoms. The predicted octanol–water partition coefficient (Wildman–Crippen LogP) is 1.64. The Morgan fingerprint density at radius 3 is 2.33 bits per heavy atom. The van der Waals surface area contributed by atoms with Crippen LogP contribution < -0.4 is 0 Å². The van der Waals surface area contributed by atoms with Crippen molar-refractivity contribution in [1.29, 1.82) is 0 Å². The van der Waals surface area contributed by atoms with Crippen molar-refractivity contribution >= 4 is 0 Å². The van der Waals surface area contributed by atoms with Gasteiger partial charge in [0, 0.05) is 0 Å². The normalized spacial score (nSPS) is 13.2. The van der Waals surface area contributed by atoms with Crippen LogP contribution in [0.25, 0.3) is 0 Å². The number of allylic oxidation sites excluding steroid dienone is 2. The number of hydrogen-bond donors (Lipinski definition) is 2. The van der Waals surface area contributed by atoms with E-state index in [1.54, 1.807) is 13.8 Å². The molecule has 0 heterocycles. The Balaban J connectivity index is 4.14. The summed E-state index contributed by atoms with van der Waals surface area (Å²) in [7, 11) is 0. The molecule has 0 aliphatic carbocycles. The molecule has 0 saturated carbocycles. The maximum Gasteiger partial charge on any atom is 0.0822 e. The monoisotopic (exact) mass is 170 g/mol. The summed E-state index contributed by atoms with van der Waals surface area (Å²) in [5.41, 5.74) is -0.236. The SMILES string of the molecule is C=CCC/C=C(\CO)C(C)(C)O. The van der Waals surface area contributed by atoms with Gasteiger partial charge in [-0.05, 0) is 32.3 Å². The molecule has 2 heteroatoms. The molecule has 0 aromatic rings. The van der Waals surface area contributed by atoms with Crippen LogP contribution in [0.3, 0.4) is 0 Å². The molecule has 0 radical (unpaired) electrons. The first kappa shape index (κ1) is 11.4. The molecule has 0 aromatic heterocycles. The summed E-state index contributed by atoms with van der Waals surface area (Å²) in [5, 5.41) is 18.4. The van der Waals surface area contributed by atoms with Crippen molar-refractivity contribution in [2.45, 2.75) is 32.3 Å². The highest BCUT2D eigenvalue weighted by atomic mass is 16.3. The van der Waals surface area contributed by atoms with E-state index in [9.17, 15) is 5.11 Å². The first-order chi connectivity index (χ1) is 5.52. The lowest BCUT2D eigenvalue weighted by atomic mass is 9.97. The van der Waals surface area contributed by atoms with Gasteiger partial charge in [-0.1, -0.05) is 12.2 Å². The zero-order chi connectivity index (χ0) is 9.61. The van der Waals surface area contributed by atoms with Gasteiger partial charge < -0.3 is 10.2 Å². The van der Waals surface area contributed by atoms with Crippen molar-refractivity contribution < 1.29 is 10.2 Å². The number of aliphatic hydroxyl groups is 2. The fourth-order valence-electron chi connectivity index (χ4n) is 0.883. The van der Waals surface area contributed by atoms with Crippen molar-refractivity contribution in [3.8, 4) is 0 Å². The van der Waals surface area contributed by atoms with E-state index in [1.165, 1.54) is 0 Å². The molecule has 2 nitrogen and oxygen atoms in total. The van der Waals surface area contributed by atoms with Crippen LogP contribution in [0.5, 0.6) is 0 Å². The quantitative estimate of drug-likeness (QED) is 0.486. The molecule has 0 atom stereocenters. The fraction of sp³-hybridized carbons (Fsp3) is 0.600. The summed E-state index contributed by atoms with van der Waals surface area (Å²) < 4.78 is 0. The summed E-state index contributed by atoms with van der Waals surface area (Å²) in [6.45, 7) is 6.85. The lowest BCUT2D eigenvalue weighted by molar-refractivity contribution is 0.104. The van der Waals surface area contributed by atoms with E-state index in [0.29, 0.717) is 5.57 Å². The largest absolute Gasteiger partial charge is 0.392 e. The van der Waals surface area contributed by atoms with Gasteiger partial charge in [-0.2, -0.15) is 0 Å². The highest BCUT2D eigenvalue weighted by Crippen LogP contribution is 2.15. The Morgan fingerprint density at radius 2 is 2.00 bits per heavy atom. The Labute approximate surface area is 74.2 Å². The van der Waals surface area contributed by atoms with E-state index < -0.39 is 5.60 Å². The van der Waals surface area contributed by atoms with Gasteiger partial charge in [0.15, 0.2) is 0 Å². The summed E-state index contributed by atoms with van der Waals surface area (Å²) in [6, 6.07) is 0. The van der Waals surface area contributed by atoms with Crippen molar-refractivity contribution in [2.24, 2.45) is 0 Å². The van der Waals surface area contributed by atoms with E-state index in [4.69, 9.17) is 5.11 Å². The molecular weight excluding hydrogens is 152 g/mol. The van der Waals surface area contributed by atoms with Gasteiger partial charge in [0.1, 0.15) is 0 Å². The minimum Gasteiger partial charge on any atom is -0.392 e. The van der Waals surface area contributed by atoms with Crippen LogP contribution in [-0.4, -0.2) is 22.4 Å². The van der Waals surface area contributed by atoms with Gasteiger partial charge in [-0.15, -0.1) is 6.58 Å². The molecule has 0 aliphatic rings. The average Bonchev–Trinajstić information content (AvgIpc) is 1.95. The Hall–Kier alpha value is -0.600. The molecule has 70 valence electrons. The fourth-order valence-corrected chi connectivity index (χ4v) is 0.883. The van der Waals surface area contributed by atoms with E-state index in [2.05, 4.69) is 6.58 Å². The van der Waals surface area contributed by atoms with Crippen LogP contribution >= 0.6 is 0 Å². The topological polar surface area (TPSA) is 40.5 Å². The molecule has 0 unspecified atom stereocenters. The molecule has 0 amide bonds. The zero-order valence-electron chi connectivity index (χ0n) is 7.88. The van der Waals surface area contributed by atoms with Crippen LogP contribution in [0.1, 0.15) is 26.7 Å². The van der Waals surface area contributed by atoms with Gasteiger partial charge in [-0.3, -0.25) is 0 Å². The zero-order valence-corrected chi connectivity index (χ0v) is 7.88. The van der Waals surface area contributed by atoms with Gasteiger partial charge in [0.05, 0.1) is 12.2 Å². The highest BCUT2D eigenvalue weighted by Gasteiger charge is 2.17. The maximum atomic E-state index is 9.52. The van der Waals surface area contributed by atoms with E-state index in [1.807, 2.05) is 12.2 Å². The van der Waals surface area contributed by atoms with E-state index in [-0.39, 0.29) is 6.61 Å². The average molecular weight is 170 g/mol. The van der Waals surface area contributed by atoms with Crippen LogP contribution in [-0.2, 0) is 0 Å². The second kappa shape index (κ2) is 5.12. The number of unbranched alkanes of at least 4 members (excludes halogenated alkanes) is 1. The first-order valence-corrected chi connectivity index (χ1v) is 4.16. The van der Waals surface area contributed by atoms with Crippen molar-refractivity contribution in [3.63, 3.8) is 0 Å². The Kier molecular flexibility index (Phi) is 4.86. The van der Waals surface area contributed by atoms with Crippen LogP contribution in [0, 0.1) is 0 Å². The van der Waals surface area contributed by atoms with Crippen molar-refractivity contribution in [2.75, 3.05) is 6.61 Å². The van der Waals surface area contributed by atoms with E-state index >= 15 is 0 Å². The van der Waals surface area contributed by atoms with Gasteiger partial charge in [0.2, 0.25) is 0 Å². The number of hydrogen-bond acceptors (Lipinski definition) is 2. The smallest absolute Gasteiger partial charge is 0.0822 e. The summed E-state index contributed by atoms with van der Waals surface area (Å²) in [6.07, 6.45) is 5.38. The summed E-state index contributed by atoms with van der Waals surface area (Å²) in [4.78, 5) is 0. The highest BCUT2D eigenvalue weighted by molar-refractivity contribution is 5.13. The number of aliphatic hydroxyl groups excluding tert-OH is 1. The Bertz CT molecular complexity index is 163.